The van der Waals surface area contributed by atoms with Crippen molar-refractivity contribution >= 4 is 12.2 Å². The average Bonchev–Trinajstić information content (AvgIpc) is 2.58. The summed E-state index contributed by atoms with van der Waals surface area (Å²) in [6.45, 7) is 0.616. The smallest absolute Gasteiger partial charge is 0.407 e. The van der Waals surface area contributed by atoms with Gasteiger partial charge in [0.25, 0.3) is 0 Å². The monoisotopic (exact) mass is 292 g/mol. The molecule has 0 unspecified atom stereocenters. The summed E-state index contributed by atoms with van der Waals surface area (Å²) in [4.78, 5) is 11.5. The minimum absolute atomic E-state index is 0.251. The second kappa shape index (κ2) is 8.28. The molecule has 110 valence electrons. The maximum Gasteiger partial charge on any atom is 0.407 e. The number of alkyl carbamates (subject to hydrolysis) is 1. The number of carbonyl (C=O) groups is 1. The summed E-state index contributed by atoms with van der Waals surface area (Å²) in [5.41, 5.74) is 2.47. The fraction of sp³-hybridized carbons (Fsp3) is 0.111. The molecule has 4 heteroatoms. The molecule has 1 amide bonds. The molecule has 0 bridgehead atoms. The normalized spacial score (nSPS) is 10.1. The number of nitrogens with zero attached hydrogens (tertiary/aromatic N) is 1. The van der Waals surface area contributed by atoms with E-state index in [4.69, 9.17) is 10.00 Å². The maximum absolute atomic E-state index is 11.5. The molecule has 0 spiro atoms. The van der Waals surface area contributed by atoms with E-state index in [9.17, 15) is 4.79 Å². The number of carbonyl (C=O) groups excluding carboxylic acids is 1. The van der Waals surface area contributed by atoms with Crippen LogP contribution < -0.4 is 5.32 Å². The van der Waals surface area contributed by atoms with Crippen LogP contribution in [-0.2, 0) is 11.3 Å². The van der Waals surface area contributed by atoms with Crippen molar-refractivity contribution in [2.45, 2.75) is 6.61 Å². The van der Waals surface area contributed by atoms with Gasteiger partial charge in [-0.15, -0.1) is 0 Å². The molecular weight excluding hydrogens is 276 g/mol. The number of amides is 1. The molecular formula is C18H16N2O2. The molecule has 2 aromatic rings. The highest BCUT2D eigenvalue weighted by molar-refractivity contribution is 5.67. The molecule has 1 N–H and O–H groups in total. The third kappa shape index (κ3) is 5.14. The number of rotatable bonds is 5. The molecule has 0 aliphatic rings. The van der Waals surface area contributed by atoms with E-state index < -0.39 is 6.09 Å². The van der Waals surface area contributed by atoms with Gasteiger partial charge in [0.2, 0.25) is 0 Å². The van der Waals surface area contributed by atoms with Crippen LogP contribution in [0.3, 0.4) is 0 Å². The van der Waals surface area contributed by atoms with Gasteiger partial charge in [0.05, 0.1) is 11.6 Å². The molecule has 0 saturated carbocycles. The van der Waals surface area contributed by atoms with Crippen LogP contribution in [0.5, 0.6) is 0 Å². The molecule has 4 nitrogen and oxygen atoms in total. The Hall–Kier alpha value is -3.06. The van der Waals surface area contributed by atoms with Gasteiger partial charge in [0.15, 0.2) is 0 Å². The molecule has 0 radical (unpaired) electrons. The summed E-state index contributed by atoms with van der Waals surface area (Å²) in [5, 5.41) is 11.5. The van der Waals surface area contributed by atoms with E-state index in [2.05, 4.69) is 11.4 Å². The summed E-state index contributed by atoms with van der Waals surface area (Å²) in [6.07, 6.45) is 3.19. The van der Waals surface area contributed by atoms with Gasteiger partial charge in [-0.05, 0) is 23.3 Å². The minimum atomic E-state index is -0.459. The molecule has 0 fully saturated rings. The Morgan fingerprint density at radius 3 is 2.77 bits per heavy atom. The standard InChI is InChI=1S/C18H16N2O2/c19-13-17-9-4-8-15(12-17)10-5-11-20-18(21)22-14-16-6-2-1-3-7-16/h1-10,12H,11,14H2,(H,20,21). The van der Waals surface area contributed by atoms with Crippen LogP contribution in [0.4, 0.5) is 4.79 Å². The minimum Gasteiger partial charge on any atom is -0.445 e. The Morgan fingerprint density at radius 2 is 2.00 bits per heavy atom. The Balaban J connectivity index is 1.72. The van der Waals surface area contributed by atoms with E-state index >= 15 is 0 Å². The Kier molecular flexibility index (Phi) is 5.77. The second-order valence-electron chi connectivity index (χ2n) is 4.58. The zero-order valence-corrected chi connectivity index (χ0v) is 12.0. The zero-order chi connectivity index (χ0) is 15.6. The van der Waals surface area contributed by atoms with Gasteiger partial charge in [-0.2, -0.15) is 5.26 Å². The summed E-state index contributed by atoms with van der Waals surface area (Å²) < 4.78 is 5.09. The molecule has 2 aromatic carbocycles. The van der Waals surface area contributed by atoms with Crippen LogP contribution >= 0.6 is 0 Å². The summed E-state index contributed by atoms with van der Waals surface area (Å²) in [6, 6.07) is 18.8. The van der Waals surface area contributed by atoms with E-state index in [-0.39, 0.29) is 6.61 Å². The summed E-state index contributed by atoms with van der Waals surface area (Å²) in [7, 11) is 0. The Bertz CT molecular complexity index is 688. The van der Waals surface area contributed by atoms with Crippen LogP contribution in [0, 0.1) is 11.3 Å². The molecule has 0 aliphatic heterocycles. The quantitative estimate of drug-likeness (QED) is 0.917. The predicted molar refractivity (Wildman–Crippen MR) is 84.8 cm³/mol. The van der Waals surface area contributed by atoms with Gasteiger partial charge in [0, 0.05) is 6.54 Å². The second-order valence-corrected chi connectivity index (χ2v) is 4.58. The van der Waals surface area contributed by atoms with Gasteiger partial charge < -0.3 is 10.1 Å². The van der Waals surface area contributed by atoms with Crippen molar-refractivity contribution in [3.05, 3.63) is 77.4 Å². The third-order valence-electron chi connectivity index (χ3n) is 2.90. The molecule has 22 heavy (non-hydrogen) atoms. The number of ether oxygens (including phenoxy) is 1. The van der Waals surface area contributed by atoms with Crippen molar-refractivity contribution in [3.8, 4) is 6.07 Å². The first-order chi connectivity index (χ1) is 10.8. The SMILES string of the molecule is N#Cc1cccc(C=CCNC(=O)OCc2ccccc2)c1. The van der Waals surface area contributed by atoms with Crippen molar-refractivity contribution in [2.24, 2.45) is 0 Å². The Morgan fingerprint density at radius 1 is 1.18 bits per heavy atom. The van der Waals surface area contributed by atoms with Crippen LogP contribution in [0.25, 0.3) is 6.08 Å². The lowest BCUT2D eigenvalue weighted by molar-refractivity contribution is 0.141. The first-order valence-electron chi connectivity index (χ1n) is 6.89. The summed E-state index contributed by atoms with van der Waals surface area (Å²) >= 11 is 0. The number of nitrogens with one attached hydrogen (secondary N) is 1. The van der Waals surface area contributed by atoms with Crippen molar-refractivity contribution in [2.75, 3.05) is 6.54 Å². The number of benzene rings is 2. The van der Waals surface area contributed by atoms with E-state index in [1.54, 1.807) is 18.2 Å². The first-order valence-corrected chi connectivity index (χ1v) is 6.89. The predicted octanol–water partition coefficient (Wildman–Crippen LogP) is 3.50. The molecule has 0 aliphatic carbocycles. The number of hydrogen-bond acceptors (Lipinski definition) is 3. The lowest BCUT2D eigenvalue weighted by atomic mass is 10.1. The van der Waals surface area contributed by atoms with Crippen molar-refractivity contribution in [3.63, 3.8) is 0 Å². The van der Waals surface area contributed by atoms with Crippen LogP contribution in [0.2, 0.25) is 0 Å². The maximum atomic E-state index is 11.5. The molecule has 0 saturated heterocycles. The topological polar surface area (TPSA) is 62.1 Å². The largest absolute Gasteiger partial charge is 0.445 e. The average molecular weight is 292 g/mol. The Labute approximate surface area is 129 Å². The number of nitriles is 1. The van der Waals surface area contributed by atoms with E-state index in [0.717, 1.165) is 11.1 Å². The molecule has 2 rings (SSSR count). The van der Waals surface area contributed by atoms with Gasteiger partial charge in [-0.3, -0.25) is 0 Å². The van der Waals surface area contributed by atoms with Crippen LogP contribution in [0.15, 0.2) is 60.7 Å². The van der Waals surface area contributed by atoms with Crippen molar-refractivity contribution < 1.29 is 9.53 Å². The molecule has 0 aromatic heterocycles. The van der Waals surface area contributed by atoms with Crippen LogP contribution in [0.1, 0.15) is 16.7 Å². The van der Waals surface area contributed by atoms with E-state index in [1.807, 2.05) is 48.5 Å². The van der Waals surface area contributed by atoms with Crippen molar-refractivity contribution in [1.29, 1.82) is 5.26 Å². The van der Waals surface area contributed by atoms with Gasteiger partial charge >= 0.3 is 6.09 Å². The van der Waals surface area contributed by atoms with Gasteiger partial charge in [-0.1, -0.05) is 54.6 Å². The highest BCUT2D eigenvalue weighted by Crippen LogP contribution is 2.05. The molecule has 0 heterocycles. The van der Waals surface area contributed by atoms with E-state index in [1.165, 1.54) is 0 Å². The lowest BCUT2D eigenvalue weighted by Crippen LogP contribution is -2.24. The van der Waals surface area contributed by atoms with Crippen LogP contribution in [-0.4, -0.2) is 12.6 Å². The van der Waals surface area contributed by atoms with Gasteiger partial charge in [-0.25, -0.2) is 4.79 Å². The zero-order valence-electron chi connectivity index (χ0n) is 12.0. The number of hydrogen-bond donors (Lipinski definition) is 1. The highest BCUT2D eigenvalue weighted by atomic mass is 16.5. The fourth-order valence-electron chi connectivity index (χ4n) is 1.82. The van der Waals surface area contributed by atoms with Crippen molar-refractivity contribution in [1.82, 2.24) is 5.32 Å². The third-order valence-corrected chi connectivity index (χ3v) is 2.90. The van der Waals surface area contributed by atoms with E-state index in [0.29, 0.717) is 12.1 Å². The fourth-order valence-corrected chi connectivity index (χ4v) is 1.82. The van der Waals surface area contributed by atoms with Gasteiger partial charge in [0.1, 0.15) is 6.61 Å². The molecule has 0 atom stereocenters. The first kappa shape index (κ1) is 15.3. The summed E-state index contributed by atoms with van der Waals surface area (Å²) in [5.74, 6) is 0. The highest BCUT2D eigenvalue weighted by Gasteiger charge is 2.00. The lowest BCUT2D eigenvalue weighted by Gasteiger charge is -2.05.